The lowest BCUT2D eigenvalue weighted by atomic mass is 10.2. The molecule has 0 atom stereocenters. The van der Waals surface area contributed by atoms with Gasteiger partial charge in [0.25, 0.3) is 0 Å². The molecule has 0 heterocycles. The fourth-order valence-corrected chi connectivity index (χ4v) is 2.73. The molecule has 0 spiro atoms. The number of sulfonamides is 1. The zero-order chi connectivity index (χ0) is 16.7. The quantitative estimate of drug-likeness (QED) is 0.802. The van der Waals surface area contributed by atoms with Gasteiger partial charge in [-0.3, -0.25) is 0 Å². The van der Waals surface area contributed by atoms with E-state index in [9.17, 15) is 12.8 Å². The first-order chi connectivity index (χ1) is 11.0. The molecule has 5 nitrogen and oxygen atoms in total. The average Bonchev–Trinajstić information content (AvgIpc) is 2.55. The molecule has 2 aromatic carbocycles. The van der Waals surface area contributed by atoms with Crippen LogP contribution in [-0.2, 0) is 16.6 Å². The Balaban J connectivity index is 1.83. The molecule has 0 saturated carbocycles. The molecule has 2 rings (SSSR count). The molecule has 0 amide bonds. The van der Waals surface area contributed by atoms with Crippen molar-refractivity contribution in [1.29, 1.82) is 0 Å². The van der Waals surface area contributed by atoms with E-state index in [4.69, 9.17) is 9.47 Å². The van der Waals surface area contributed by atoms with E-state index in [1.54, 1.807) is 12.1 Å². The largest absolute Gasteiger partial charge is 0.496 e. The third-order valence-corrected chi connectivity index (χ3v) is 4.40. The van der Waals surface area contributed by atoms with Crippen LogP contribution >= 0.6 is 0 Å². The topological polar surface area (TPSA) is 64.6 Å². The minimum absolute atomic E-state index is 0.0209. The zero-order valence-corrected chi connectivity index (χ0v) is 13.5. The van der Waals surface area contributed by atoms with E-state index in [0.717, 1.165) is 5.56 Å². The Hall–Kier alpha value is -2.12. The third kappa shape index (κ3) is 5.54. The molecule has 0 saturated heterocycles. The van der Waals surface area contributed by atoms with E-state index in [2.05, 4.69) is 4.72 Å². The van der Waals surface area contributed by atoms with E-state index in [1.165, 1.54) is 31.4 Å². The summed E-state index contributed by atoms with van der Waals surface area (Å²) in [5.41, 5.74) is 0.748. The molecular formula is C16H18FNO4S. The van der Waals surface area contributed by atoms with E-state index in [-0.39, 0.29) is 24.7 Å². The van der Waals surface area contributed by atoms with Crippen molar-refractivity contribution < 1.29 is 22.3 Å². The van der Waals surface area contributed by atoms with E-state index in [0.29, 0.717) is 11.5 Å². The van der Waals surface area contributed by atoms with Gasteiger partial charge in [-0.2, -0.15) is 0 Å². The Morgan fingerprint density at radius 2 is 1.78 bits per heavy atom. The molecule has 0 radical (unpaired) electrons. The Morgan fingerprint density at radius 3 is 2.48 bits per heavy atom. The van der Waals surface area contributed by atoms with Crippen LogP contribution in [0.4, 0.5) is 4.39 Å². The Bertz CT molecular complexity index is 732. The number of methoxy groups -OCH3 is 1. The lowest BCUT2D eigenvalue weighted by molar-refractivity contribution is 0.339. The second-order valence-electron chi connectivity index (χ2n) is 4.75. The summed E-state index contributed by atoms with van der Waals surface area (Å²) in [6.45, 7) is 0.121. The van der Waals surface area contributed by atoms with Crippen LogP contribution in [0.25, 0.3) is 0 Å². The smallest absolute Gasteiger partial charge is 0.215 e. The van der Waals surface area contributed by atoms with Crippen LogP contribution in [0.15, 0.2) is 48.5 Å². The van der Waals surface area contributed by atoms with Gasteiger partial charge in [0.15, 0.2) is 0 Å². The predicted molar refractivity (Wildman–Crippen MR) is 85.5 cm³/mol. The van der Waals surface area contributed by atoms with Gasteiger partial charge in [-0.1, -0.05) is 18.2 Å². The Labute approximate surface area is 135 Å². The van der Waals surface area contributed by atoms with Gasteiger partial charge in [0.2, 0.25) is 10.0 Å². The summed E-state index contributed by atoms with van der Waals surface area (Å²) in [5, 5.41) is 0. The van der Waals surface area contributed by atoms with Crippen LogP contribution in [0, 0.1) is 5.82 Å². The summed E-state index contributed by atoms with van der Waals surface area (Å²) in [7, 11) is -1.96. The Morgan fingerprint density at radius 1 is 1.09 bits per heavy atom. The molecule has 1 N–H and O–H groups in total. The van der Waals surface area contributed by atoms with Crippen LogP contribution in [0.5, 0.6) is 11.5 Å². The van der Waals surface area contributed by atoms with Crippen molar-refractivity contribution in [2.45, 2.75) is 6.54 Å². The van der Waals surface area contributed by atoms with Crippen LogP contribution in [-0.4, -0.2) is 27.9 Å². The maximum Gasteiger partial charge on any atom is 0.215 e. The number of nitrogens with one attached hydrogen (secondary N) is 1. The van der Waals surface area contributed by atoms with Crippen molar-refractivity contribution in [2.75, 3.05) is 19.5 Å². The first-order valence-corrected chi connectivity index (χ1v) is 8.63. The summed E-state index contributed by atoms with van der Waals surface area (Å²) in [5.74, 6) is 0.479. The predicted octanol–water partition coefficient (Wildman–Crippen LogP) is 2.33. The fourth-order valence-electron chi connectivity index (χ4n) is 1.91. The van der Waals surface area contributed by atoms with Gasteiger partial charge in [-0.05, 0) is 30.3 Å². The highest BCUT2D eigenvalue weighted by atomic mass is 32.2. The normalized spacial score (nSPS) is 11.2. The average molecular weight is 339 g/mol. The third-order valence-electron chi connectivity index (χ3n) is 3.11. The van der Waals surface area contributed by atoms with Gasteiger partial charge in [-0.15, -0.1) is 0 Å². The molecule has 0 aliphatic carbocycles. The molecule has 0 aliphatic rings. The second-order valence-corrected chi connectivity index (χ2v) is 6.68. The molecule has 0 aliphatic heterocycles. The molecule has 124 valence electrons. The number of rotatable bonds is 8. The highest BCUT2D eigenvalue weighted by Crippen LogP contribution is 2.17. The Kier molecular flexibility index (Phi) is 5.95. The van der Waals surface area contributed by atoms with Crippen molar-refractivity contribution in [1.82, 2.24) is 4.72 Å². The standard InChI is InChI=1S/C16H18FNO4S/c1-21-16-5-3-2-4-13(16)12-18-23(19,20)11-10-22-15-8-6-14(17)7-9-15/h2-9,18H,10-12H2,1H3. The van der Waals surface area contributed by atoms with Gasteiger partial charge in [-0.25, -0.2) is 17.5 Å². The number of hydrogen-bond acceptors (Lipinski definition) is 4. The number of ether oxygens (including phenoxy) is 2. The van der Waals surface area contributed by atoms with Gasteiger partial charge in [0, 0.05) is 12.1 Å². The van der Waals surface area contributed by atoms with Crippen molar-refractivity contribution in [2.24, 2.45) is 0 Å². The van der Waals surface area contributed by atoms with E-state index in [1.807, 2.05) is 12.1 Å². The summed E-state index contributed by atoms with van der Waals surface area (Å²) >= 11 is 0. The summed E-state index contributed by atoms with van der Waals surface area (Å²) in [4.78, 5) is 0. The summed E-state index contributed by atoms with van der Waals surface area (Å²) in [6.07, 6.45) is 0. The lowest BCUT2D eigenvalue weighted by Gasteiger charge is -2.10. The van der Waals surface area contributed by atoms with Gasteiger partial charge in [0.1, 0.15) is 23.9 Å². The first kappa shape index (κ1) is 17.2. The van der Waals surface area contributed by atoms with Crippen molar-refractivity contribution in [3.63, 3.8) is 0 Å². The molecule has 23 heavy (non-hydrogen) atoms. The molecule has 7 heteroatoms. The molecule has 0 bridgehead atoms. The molecule has 0 unspecified atom stereocenters. The van der Waals surface area contributed by atoms with E-state index >= 15 is 0 Å². The minimum atomic E-state index is -3.49. The van der Waals surface area contributed by atoms with Crippen LogP contribution < -0.4 is 14.2 Å². The molecule has 0 aromatic heterocycles. The van der Waals surface area contributed by atoms with E-state index < -0.39 is 10.0 Å². The highest BCUT2D eigenvalue weighted by molar-refractivity contribution is 7.89. The number of hydrogen-bond donors (Lipinski definition) is 1. The molecule has 2 aromatic rings. The summed E-state index contributed by atoms with van der Waals surface area (Å²) < 4.78 is 49.6. The van der Waals surface area contributed by atoms with Gasteiger partial charge in [0.05, 0.1) is 12.9 Å². The monoisotopic (exact) mass is 339 g/mol. The number of benzene rings is 2. The van der Waals surface area contributed by atoms with Gasteiger partial charge >= 0.3 is 0 Å². The SMILES string of the molecule is COc1ccccc1CNS(=O)(=O)CCOc1ccc(F)cc1. The van der Waals surface area contributed by atoms with Crippen LogP contribution in [0.1, 0.15) is 5.56 Å². The number of halogens is 1. The molecular weight excluding hydrogens is 321 g/mol. The van der Waals surface area contributed by atoms with Crippen LogP contribution in [0.2, 0.25) is 0 Å². The summed E-state index contributed by atoms with van der Waals surface area (Å²) in [6, 6.07) is 12.6. The minimum Gasteiger partial charge on any atom is -0.496 e. The van der Waals surface area contributed by atoms with Crippen LogP contribution in [0.3, 0.4) is 0 Å². The second kappa shape index (κ2) is 7.94. The maximum absolute atomic E-state index is 12.7. The van der Waals surface area contributed by atoms with Crippen molar-refractivity contribution >= 4 is 10.0 Å². The molecule has 0 fully saturated rings. The van der Waals surface area contributed by atoms with Gasteiger partial charge < -0.3 is 9.47 Å². The maximum atomic E-state index is 12.7. The number of para-hydroxylation sites is 1. The van der Waals surface area contributed by atoms with Crippen molar-refractivity contribution in [3.05, 3.63) is 59.9 Å². The zero-order valence-electron chi connectivity index (χ0n) is 12.7. The first-order valence-electron chi connectivity index (χ1n) is 6.98. The fraction of sp³-hybridized carbons (Fsp3) is 0.250. The lowest BCUT2D eigenvalue weighted by Crippen LogP contribution is -2.28. The highest BCUT2D eigenvalue weighted by Gasteiger charge is 2.12. The van der Waals surface area contributed by atoms with Crippen molar-refractivity contribution in [3.8, 4) is 11.5 Å².